The summed E-state index contributed by atoms with van der Waals surface area (Å²) in [4.78, 5) is 0. The quantitative estimate of drug-likeness (QED) is 0.849. The number of nitrogens with one attached hydrogen (secondary N) is 1. The molecule has 0 fully saturated rings. The van der Waals surface area contributed by atoms with E-state index in [-0.39, 0.29) is 0 Å². The predicted octanol–water partition coefficient (Wildman–Crippen LogP) is 2.95. The largest absolute Gasteiger partial charge is 0.316 e. The highest BCUT2D eigenvalue weighted by Crippen LogP contribution is 2.24. The summed E-state index contributed by atoms with van der Waals surface area (Å²) in [6.07, 6.45) is 3.33. The lowest BCUT2D eigenvalue weighted by Crippen LogP contribution is -2.35. The van der Waals surface area contributed by atoms with Crippen LogP contribution in [0, 0.1) is 12.8 Å². The van der Waals surface area contributed by atoms with Gasteiger partial charge in [0.2, 0.25) is 0 Å². The van der Waals surface area contributed by atoms with Gasteiger partial charge in [0.25, 0.3) is 0 Å². The Bertz CT molecular complexity index is 356. The van der Waals surface area contributed by atoms with Gasteiger partial charge in [0, 0.05) is 19.5 Å². The van der Waals surface area contributed by atoms with Crippen molar-refractivity contribution in [2.45, 2.75) is 46.1 Å². The molecule has 0 saturated heterocycles. The molecular formula is C13H24ClN3. The molecule has 0 spiro atoms. The zero-order chi connectivity index (χ0) is 13.0. The van der Waals surface area contributed by atoms with E-state index in [2.05, 4.69) is 24.3 Å². The van der Waals surface area contributed by atoms with E-state index in [0.717, 1.165) is 22.8 Å². The molecule has 1 rings (SSSR count). The molecule has 4 heteroatoms. The minimum absolute atomic E-state index is 0.470. The number of hydrogen-bond acceptors (Lipinski definition) is 2. The summed E-state index contributed by atoms with van der Waals surface area (Å²) in [5, 5.41) is 8.60. The van der Waals surface area contributed by atoms with Gasteiger partial charge in [0.15, 0.2) is 0 Å². The van der Waals surface area contributed by atoms with Crippen LogP contribution in [0.25, 0.3) is 0 Å². The summed E-state index contributed by atoms with van der Waals surface area (Å²) in [5.74, 6) is 0.686. The molecule has 0 radical (unpaired) electrons. The lowest BCUT2D eigenvalue weighted by atomic mass is 9.91. The van der Waals surface area contributed by atoms with Gasteiger partial charge in [-0.15, -0.1) is 0 Å². The van der Waals surface area contributed by atoms with E-state index in [1.165, 1.54) is 12.8 Å². The first kappa shape index (κ1) is 14.5. The van der Waals surface area contributed by atoms with Crippen molar-refractivity contribution in [1.82, 2.24) is 15.1 Å². The first-order valence-electron chi connectivity index (χ1n) is 6.40. The first-order valence-corrected chi connectivity index (χ1v) is 6.78. The fraction of sp³-hybridized carbons (Fsp3) is 0.769. The molecule has 1 aromatic rings. The van der Waals surface area contributed by atoms with Crippen molar-refractivity contribution in [3.05, 3.63) is 16.4 Å². The van der Waals surface area contributed by atoms with E-state index in [4.69, 9.17) is 11.6 Å². The molecule has 3 nitrogen and oxygen atoms in total. The van der Waals surface area contributed by atoms with Crippen LogP contribution in [0.15, 0.2) is 0 Å². The fourth-order valence-electron chi connectivity index (χ4n) is 2.47. The van der Waals surface area contributed by atoms with Gasteiger partial charge >= 0.3 is 0 Å². The Kier molecular flexibility index (Phi) is 5.47. The summed E-state index contributed by atoms with van der Waals surface area (Å²) in [6, 6.07) is 0.470. The molecule has 17 heavy (non-hydrogen) atoms. The Hall–Kier alpha value is -0.540. The minimum atomic E-state index is 0.470. The molecule has 98 valence electrons. The first-order chi connectivity index (χ1) is 8.04. The summed E-state index contributed by atoms with van der Waals surface area (Å²) in [6.45, 7) is 6.44. The van der Waals surface area contributed by atoms with E-state index in [1.807, 2.05) is 25.7 Å². The number of nitrogens with zero attached hydrogens (tertiary/aromatic N) is 2. The third-order valence-electron chi connectivity index (χ3n) is 3.66. The van der Waals surface area contributed by atoms with E-state index < -0.39 is 0 Å². The molecule has 0 bridgehead atoms. The molecule has 0 amide bonds. The maximum Gasteiger partial charge on any atom is 0.0847 e. The van der Waals surface area contributed by atoms with E-state index in [1.54, 1.807) is 0 Å². The molecule has 1 unspecified atom stereocenters. The average Bonchev–Trinajstić information content (AvgIpc) is 2.55. The van der Waals surface area contributed by atoms with Crippen molar-refractivity contribution in [3.8, 4) is 0 Å². The molecule has 1 N–H and O–H groups in total. The van der Waals surface area contributed by atoms with Crippen molar-refractivity contribution in [2.24, 2.45) is 13.0 Å². The highest BCUT2D eigenvalue weighted by atomic mass is 35.5. The number of halogens is 1. The molecule has 1 aromatic heterocycles. The Morgan fingerprint density at radius 3 is 2.29 bits per heavy atom. The van der Waals surface area contributed by atoms with Gasteiger partial charge < -0.3 is 5.32 Å². The second-order valence-electron chi connectivity index (χ2n) is 4.65. The van der Waals surface area contributed by atoms with Gasteiger partial charge in [-0.05, 0) is 19.9 Å². The van der Waals surface area contributed by atoms with Gasteiger partial charge in [-0.3, -0.25) is 4.68 Å². The summed E-state index contributed by atoms with van der Waals surface area (Å²) < 4.78 is 1.91. The van der Waals surface area contributed by atoms with Gasteiger partial charge in [-0.25, -0.2) is 0 Å². The average molecular weight is 258 g/mol. The van der Waals surface area contributed by atoms with Crippen LogP contribution in [-0.2, 0) is 13.5 Å². The van der Waals surface area contributed by atoms with Crippen LogP contribution in [-0.4, -0.2) is 22.9 Å². The van der Waals surface area contributed by atoms with E-state index >= 15 is 0 Å². The summed E-state index contributed by atoms with van der Waals surface area (Å²) in [7, 11) is 3.99. The lowest BCUT2D eigenvalue weighted by molar-refractivity contribution is 0.344. The highest BCUT2D eigenvalue weighted by Gasteiger charge is 2.21. The molecule has 0 aliphatic carbocycles. The van der Waals surface area contributed by atoms with Crippen molar-refractivity contribution in [1.29, 1.82) is 0 Å². The maximum absolute atomic E-state index is 6.30. The van der Waals surface area contributed by atoms with Crippen LogP contribution in [0.3, 0.4) is 0 Å². The molecular weight excluding hydrogens is 234 g/mol. The van der Waals surface area contributed by atoms with Gasteiger partial charge in [0.05, 0.1) is 16.4 Å². The number of aromatic nitrogens is 2. The second-order valence-corrected chi connectivity index (χ2v) is 5.02. The summed E-state index contributed by atoms with van der Waals surface area (Å²) in [5.41, 5.74) is 2.05. The predicted molar refractivity (Wildman–Crippen MR) is 73.6 cm³/mol. The molecule has 1 heterocycles. The van der Waals surface area contributed by atoms with Crippen LogP contribution in [0.4, 0.5) is 0 Å². The van der Waals surface area contributed by atoms with Gasteiger partial charge in [0.1, 0.15) is 0 Å². The van der Waals surface area contributed by atoms with Crippen molar-refractivity contribution in [2.75, 3.05) is 7.05 Å². The Morgan fingerprint density at radius 1 is 1.35 bits per heavy atom. The Balaban J connectivity index is 2.87. The normalized spacial score (nSPS) is 13.4. The van der Waals surface area contributed by atoms with E-state index in [9.17, 15) is 0 Å². The Morgan fingerprint density at radius 2 is 1.94 bits per heavy atom. The molecule has 0 aromatic carbocycles. The van der Waals surface area contributed by atoms with E-state index in [0.29, 0.717) is 12.0 Å². The standard InChI is InChI=1S/C13H24ClN3/c1-6-10(7-2)11(15-4)8-12-13(14)9(3)16-17(12)5/h10-11,15H,6-8H2,1-5H3. The number of aryl methyl sites for hydroxylation is 2. The third kappa shape index (κ3) is 3.23. The van der Waals surface area contributed by atoms with Crippen LogP contribution in [0.2, 0.25) is 5.02 Å². The number of rotatable bonds is 6. The van der Waals surface area contributed by atoms with Crippen LogP contribution < -0.4 is 5.32 Å². The topological polar surface area (TPSA) is 29.9 Å². The van der Waals surface area contributed by atoms with Crippen LogP contribution in [0.5, 0.6) is 0 Å². The van der Waals surface area contributed by atoms with Crippen molar-refractivity contribution < 1.29 is 0 Å². The minimum Gasteiger partial charge on any atom is -0.316 e. The van der Waals surface area contributed by atoms with Crippen LogP contribution in [0.1, 0.15) is 38.1 Å². The van der Waals surface area contributed by atoms with Crippen LogP contribution >= 0.6 is 11.6 Å². The third-order valence-corrected chi connectivity index (χ3v) is 4.16. The second kappa shape index (κ2) is 6.41. The number of likely N-dealkylation sites (N-methyl/N-ethyl adjacent to an activating group) is 1. The molecule has 0 saturated carbocycles. The summed E-state index contributed by atoms with van der Waals surface area (Å²) >= 11 is 6.30. The number of hydrogen-bond donors (Lipinski definition) is 1. The molecule has 0 aliphatic rings. The van der Waals surface area contributed by atoms with Gasteiger partial charge in [-0.2, -0.15) is 5.10 Å². The van der Waals surface area contributed by atoms with Crippen molar-refractivity contribution >= 4 is 11.6 Å². The maximum atomic E-state index is 6.30. The van der Waals surface area contributed by atoms with Gasteiger partial charge in [-0.1, -0.05) is 38.3 Å². The lowest BCUT2D eigenvalue weighted by Gasteiger charge is -2.25. The highest BCUT2D eigenvalue weighted by molar-refractivity contribution is 6.31. The van der Waals surface area contributed by atoms with Crippen molar-refractivity contribution in [3.63, 3.8) is 0 Å². The fourth-order valence-corrected chi connectivity index (χ4v) is 2.71. The SMILES string of the molecule is CCC(CC)C(Cc1c(Cl)c(C)nn1C)NC. The Labute approximate surface area is 110 Å². The monoisotopic (exact) mass is 257 g/mol. The zero-order valence-corrected chi connectivity index (χ0v) is 12.3. The molecule has 1 atom stereocenters. The molecule has 0 aliphatic heterocycles. The smallest absolute Gasteiger partial charge is 0.0847 e. The zero-order valence-electron chi connectivity index (χ0n) is 11.5.